The number of aromatic nitrogens is 3. The summed E-state index contributed by atoms with van der Waals surface area (Å²) in [5.74, 6) is 1.74. The van der Waals surface area contributed by atoms with Crippen molar-refractivity contribution >= 4 is 11.3 Å². The summed E-state index contributed by atoms with van der Waals surface area (Å²) in [5.41, 5.74) is 3.86. The molecule has 0 N–H and O–H groups in total. The number of hydrogen-bond donors (Lipinski definition) is 0. The van der Waals surface area contributed by atoms with Crippen molar-refractivity contribution in [2.75, 3.05) is 6.54 Å². The van der Waals surface area contributed by atoms with E-state index in [-0.39, 0.29) is 0 Å². The van der Waals surface area contributed by atoms with E-state index in [2.05, 4.69) is 31.7 Å². The van der Waals surface area contributed by atoms with Gasteiger partial charge in [-0.1, -0.05) is 35.5 Å². The molecule has 0 atom stereocenters. The molecule has 0 unspecified atom stereocenters. The zero-order valence-electron chi connectivity index (χ0n) is 14.9. The molecule has 4 heterocycles. The van der Waals surface area contributed by atoms with Gasteiger partial charge in [-0.2, -0.15) is 0 Å². The Labute approximate surface area is 160 Å². The first-order chi connectivity index (χ1) is 13.3. The molecule has 0 fully saturated rings. The molecule has 0 amide bonds. The van der Waals surface area contributed by atoms with Gasteiger partial charge in [0.05, 0.1) is 6.54 Å². The minimum atomic E-state index is 0.454. The van der Waals surface area contributed by atoms with Gasteiger partial charge < -0.3 is 8.94 Å². The fourth-order valence-electron chi connectivity index (χ4n) is 3.47. The number of nitrogens with zero attached hydrogens (tertiary/aromatic N) is 4. The van der Waals surface area contributed by atoms with Gasteiger partial charge in [-0.25, -0.2) is 0 Å². The first kappa shape index (κ1) is 16.4. The quantitative estimate of drug-likeness (QED) is 0.527. The largest absolute Gasteiger partial charge is 0.419 e. The number of aryl methyl sites for hydroxylation is 1. The van der Waals surface area contributed by atoms with Crippen LogP contribution in [-0.2, 0) is 19.5 Å². The molecule has 5 rings (SSSR count). The van der Waals surface area contributed by atoms with E-state index in [0.717, 1.165) is 36.3 Å². The van der Waals surface area contributed by atoms with Crippen LogP contribution < -0.4 is 0 Å². The molecule has 1 aliphatic rings. The van der Waals surface area contributed by atoms with Crippen molar-refractivity contribution in [1.29, 1.82) is 0 Å². The lowest BCUT2D eigenvalue weighted by atomic mass is 10.1. The Balaban J connectivity index is 1.40. The lowest BCUT2D eigenvalue weighted by Gasteiger charge is -2.25. The third-order valence-electron chi connectivity index (χ3n) is 4.84. The molecular weight excluding hydrogens is 360 g/mol. The normalized spacial score (nSPS) is 14.4. The van der Waals surface area contributed by atoms with E-state index < -0.39 is 0 Å². The van der Waals surface area contributed by atoms with E-state index in [1.165, 1.54) is 10.4 Å². The summed E-state index contributed by atoms with van der Waals surface area (Å²) in [6, 6.07) is 12.1. The lowest BCUT2D eigenvalue weighted by Crippen LogP contribution is -2.29. The average molecular weight is 378 g/mol. The molecule has 6 nitrogen and oxygen atoms in total. The van der Waals surface area contributed by atoms with Crippen molar-refractivity contribution in [1.82, 2.24) is 20.3 Å². The van der Waals surface area contributed by atoms with E-state index in [9.17, 15) is 0 Å². The van der Waals surface area contributed by atoms with Crippen LogP contribution in [0.25, 0.3) is 22.7 Å². The molecule has 27 heavy (non-hydrogen) atoms. The van der Waals surface area contributed by atoms with E-state index >= 15 is 0 Å². The number of benzene rings is 1. The molecule has 0 saturated heterocycles. The Morgan fingerprint density at radius 3 is 2.93 bits per heavy atom. The Morgan fingerprint density at radius 1 is 1.15 bits per heavy atom. The molecule has 0 bridgehead atoms. The molecule has 136 valence electrons. The van der Waals surface area contributed by atoms with Crippen molar-refractivity contribution in [3.8, 4) is 22.7 Å². The Kier molecular flexibility index (Phi) is 4.10. The first-order valence-corrected chi connectivity index (χ1v) is 9.78. The highest BCUT2D eigenvalue weighted by atomic mass is 32.1. The SMILES string of the molecule is Cc1onc(-c2ccccc2)c1-c1nnc(CN2CCc3sccc3C2)o1. The number of rotatable bonds is 4. The van der Waals surface area contributed by atoms with Crippen LogP contribution in [0.5, 0.6) is 0 Å². The van der Waals surface area contributed by atoms with Gasteiger partial charge in [0, 0.05) is 23.5 Å². The summed E-state index contributed by atoms with van der Waals surface area (Å²) in [6.45, 7) is 4.44. The first-order valence-electron chi connectivity index (χ1n) is 8.90. The summed E-state index contributed by atoms with van der Waals surface area (Å²) in [6.07, 6.45) is 1.08. The van der Waals surface area contributed by atoms with Gasteiger partial charge in [-0.05, 0) is 30.4 Å². The molecule has 0 saturated carbocycles. The van der Waals surface area contributed by atoms with Gasteiger partial charge >= 0.3 is 0 Å². The number of fused-ring (bicyclic) bond motifs is 1. The molecule has 7 heteroatoms. The van der Waals surface area contributed by atoms with Crippen LogP contribution in [0.1, 0.15) is 22.1 Å². The topological polar surface area (TPSA) is 68.2 Å². The van der Waals surface area contributed by atoms with Crippen molar-refractivity contribution in [2.45, 2.75) is 26.4 Å². The lowest BCUT2D eigenvalue weighted by molar-refractivity contribution is 0.223. The molecule has 1 aromatic carbocycles. The molecule has 1 aliphatic heterocycles. The van der Waals surface area contributed by atoms with Crippen molar-refractivity contribution in [3.05, 3.63) is 63.9 Å². The zero-order chi connectivity index (χ0) is 18.2. The van der Waals surface area contributed by atoms with Crippen LogP contribution in [0.2, 0.25) is 0 Å². The van der Waals surface area contributed by atoms with Crippen LogP contribution >= 0.6 is 11.3 Å². The zero-order valence-corrected chi connectivity index (χ0v) is 15.7. The van der Waals surface area contributed by atoms with Crippen LogP contribution in [0.4, 0.5) is 0 Å². The Morgan fingerprint density at radius 2 is 2.04 bits per heavy atom. The summed E-state index contributed by atoms with van der Waals surface area (Å²) < 4.78 is 11.4. The predicted molar refractivity (Wildman–Crippen MR) is 102 cm³/mol. The second kappa shape index (κ2) is 6.75. The van der Waals surface area contributed by atoms with Gasteiger partial charge in [-0.15, -0.1) is 21.5 Å². The summed E-state index contributed by atoms with van der Waals surface area (Å²) in [7, 11) is 0. The second-order valence-electron chi connectivity index (χ2n) is 6.66. The van der Waals surface area contributed by atoms with Crippen LogP contribution in [0, 0.1) is 6.92 Å². The van der Waals surface area contributed by atoms with Gasteiger partial charge in [0.15, 0.2) is 0 Å². The van der Waals surface area contributed by atoms with Crippen molar-refractivity contribution in [2.24, 2.45) is 0 Å². The molecular formula is C20H18N4O2S. The summed E-state index contributed by atoms with van der Waals surface area (Å²) in [5, 5.41) is 14.9. The number of thiophene rings is 1. The third kappa shape index (κ3) is 3.09. The van der Waals surface area contributed by atoms with Crippen molar-refractivity contribution in [3.63, 3.8) is 0 Å². The highest BCUT2D eigenvalue weighted by Gasteiger charge is 2.23. The van der Waals surface area contributed by atoms with Gasteiger partial charge in [-0.3, -0.25) is 4.90 Å². The maximum atomic E-state index is 5.98. The smallest absolute Gasteiger partial charge is 0.253 e. The minimum Gasteiger partial charge on any atom is -0.419 e. The van der Waals surface area contributed by atoms with Gasteiger partial charge in [0.25, 0.3) is 5.89 Å². The molecule has 0 radical (unpaired) electrons. The Bertz CT molecular complexity index is 1070. The second-order valence-corrected chi connectivity index (χ2v) is 7.66. The maximum absolute atomic E-state index is 5.98. The Hall–Kier alpha value is -2.77. The monoisotopic (exact) mass is 378 g/mol. The van der Waals surface area contributed by atoms with E-state index in [1.807, 2.05) is 48.6 Å². The van der Waals surface area contributed by atoms with Gasteiger partial charge in [0.2, 0.25) is 5.89 Å². The average Bonchev–Trinajstić information content (AvgIpc) is 3.42. The fraction of sp³-hybridized carbons (Fsp3) is 0.250. The minimum absolute atomic E-state index is 0.454. The van der Waals surface area contributed by atoms with Crippen LogP contribution in [0.3, 0.4) is 0 Å². The summed E-state index contributed by atoms with van der Waals surface area (Å²) in [4.78, 5) is 3.83. The van der Waals surface area contributed by atoms with Gasteiger partial charge in [0.1, 0.15) is 17.0 Å². The summed E-state index contributed by atoms with van der Waals surface area (Å²) >= 11 is 1.84. The van der Waals surface area contributed by atoms with E-state index in [1.54, 1.807) is 0 Å². The molecule has 0 aliphatic carbocycles. The fourth-order valence-corrected chi connectivity index (χ4v) is 4.36. The van der Waals surface area contributed by atoms with Crippen molar-refractivity contribution < 1.29 is 8.94 Å². The van der Waals surface area contributed by atoms with E-state index in [4.69, 9.17) is 8.94 Å². The molecule has 0 spiro atoms. The number of hydrogen-bond acceptors (Lipinski definition) is 7. The van der Waals surface area contributed by atoms with Crippen LogP contribution in [0.15, 0.2) is 50.7 Å². The van der Waals surface area contributed by atoms with Crippen LogP contribution in [-0.4, -0.2) is 26.8 Å². The predicted octanol–water partition coefficient (Wildman–Crippen LogP) is 4.32. The highest BCUT2D eigenvalue weighted by molar-refractivity contribution is 7.10. The molecule has 4 aromatic rings. The highest BCUT2D eigenvalue weighted by Crippen LogP contribution is 2.33. The van der Waals surface area contributed by atoms with E-state index in [0.29, 0.717) is 24.1 Å². The molecule has 3 aromatic heterocycles. The maximum Gasteiger partial charge on any atom is 0.253 e. The third-order valence-corrected chi connectivity index (χ3v) is 5.86. The standard InChI is InChI=1S/C20H18N4O2S/c1-13-18(19(23-26-13)14-5-3-2-4-6-14)20-22-21-17(25-20)12-24-9-7-16-15(11-24)8-10-27-16/h2-6,8,10H,7,9,11-12H2,1H3.